The van der Waals surface area contributed by atoms with E-state index in [2.05, 4.69) is 33.0 Å². The van der Waals surface area contributed by atoms with Gasteiger partial charge in [-0.1, -0.05) is 12.1 Å². The van der Waals surface area contributed by atoms with Crippen LogP contribution in [0.1, 0.15) is 18.4 Å². The zero-order valence-corrected chi connectivity index (χ0v) is 15.4. The van der Waals surface area contributed by atoms with E-state index >= 15 is 0 Å². The molecule has 2 aliphatic heterocycles. The maximum absolute atomic E-state index is 6.34. The first-order chi connectivity index (χ1) is 12.8. The molecule has 26 heavy (non-hydrogen) atoms. The van der Waals surface area contributed by atoms with E-state index in [1.54, 1.807) is 7.11 Å². The summed E-state index contributed by atoms with van der Waals surface area (Å²) in [7, 11) is 1.71. The fraction of sp³-hybridized carbons (Fsp3) is 0.476. The van der Waals surface area contributed by atoms with E-state index < -0.39 is 0 Å². The molecular weight excluding hydrogens is 326 g/mol. The predicted molar refractivity (Wildman–Crippen MR) is 103 cm³/mol. The zero-order chi connectivity index (χ0) is 17.8. The number of pyridine rings is 1. The molecule has 5 heteroatoms. The van der Waals surface area contributed by atoms with Gasteiger partial charge in [0.1, 0.15) is 5.75 Å². The topological polar surface area (TPSA) is 37.8 Å². The summed E-state index contributed by atoms with van der Waals surface area (Å²) in [6.45, 7) is 5.75. The van der Waals surface area contributed by atoms with Crippen molar-refractivity contribution in [2.75, 3.05) is 44.8 Å². The van der Waals surface area contributed by atoms with Crippen LogP contribution < -0.4 is 9.64 Å². The lowest BCUT2D eigenvalue weighted by Crippen LogP contribution is -2.59. The molecule has 0 saturated carbocycles. The molecule has 4 rings (SSSR count). The summed E-state index contributed by atoms with van der Waals surface area (Å²) in [4.78, 5) is 9.23. The maximum Gasteiger partial charge on any atom is 0.118 e. The molecule has 1 aromatic heterocycles. The van der Waals surface area contributed by atoms with Crippen molar-refractivity contribution >= 4 is 5.69 Å². The lowest BCUT2D eigenvalue weighted by atomic mass is 9.90. The van der Waals surface area contributed by atoms with Crippen molar-refractivity contribution in [1.82, 2.24) is 9.88 Å². The smallest absolute Gasteiger partial charge is 0.118 e. The van der Waals surface area contributed by atoms with E-state index in [1.807, 2.05) is 30.6 Å². The average molecular weight is 353 g/mol. The summed E-state index contributed by atoms with van der Waals surface area (Å²) in [5.74, 6) is 0.909. The van der Waals surface area contributed by atoms with Gasteiger partial charge in [0.05, 0.1) is 31.2 Å². The molecule has 2 saturated heterocycles. The highest BCUT2D eigenvalue weighted by Gasteiger charge is 2.40. The van der Waals surface area contributed by atoms with Gasteiger partial charge in [0.25, 0.3) is 0 Å². The van der Waals surface area contributed by atoms with Crippen LogP contribution in [0.5, 0.6) is 5.75 Å². The molecular formula is C21H27N3O2. The van der Waals surface area contributed by atoms with Crippen molar-refractivity contribution in [1.29, 1.82) is 0 Å². The van der Waals surface area contributed by atoms with Gasteiger partial charge in [-0.25, -0.2) is 0 Å². The third-order valence-electron chi connectivity index (χ3n) is 5.44. The molecule has 2 aliphatic rings. The van der Waals surface area contributed by atoms with E-state index in [1.165, 1.54) is 11.3 Å². The minimum absolute atomic E-state index is 0.0706. The second-order valence-corrected chi connectivity index (χ2v) is 7.33. The average Bonchev–Trinajstić information content (AvgIpc) is 2.69. The van der Waals surface area contributed by atoms with Crippen molar-refractivity contribution in [2.45, 2.75) is 25.0 Å². The number of methoxy groups -OCH3 is 1. The van der Waals surface area contributed by atoms with E-state index in [0.29, 0.717) is 0 Å². The Morgan fingerprint density at radius 2 is 2.04 bits per heavy atom. The number of morpholine rings is 1. The molecule has 138 valence electrons. The van der Waals surface area contributed by atoms with Crippen molar-refractivity contribution in [3.05, 3.63) is 54.4 Å². The van der Waals surface area contributed by atoms with E-state index in [4.69, 9.17) is 9.47 Å². The number of nitrogens with zero attached hydrogens (tertiary/aromatic N) is 3. The number of hydrogen-bond donors (Lipinski definition) is 0. The Bertz CT molecular complexity index is 703. The normalized spacial score (nSPS) is 24.0. The van der Waals surface area contributed by atoms with Crippen LogP contribution in [0.3, 0.4) is 0 Å². The molecule has 1 aromatic carbocycles. The second kappa shape index (κ2) is 7.64. The van der Waals surface area contributed by atoms with Crippen LogP contribution in [0.15, 0.2) is 48.8 Å². The summed E-state index contributed by atoms with van der Waals surface area (Å²) in [6, 6.07) is 12.5. The number of rotatable bonds is 4. The van der Waals surface area contributed by atoms with Crippen LogP contribution in [0.25, 0.3) is 0 Å². The number of ether oxygens (including phenoxy) is 2. The van der Waals surface area contributed by atoms with Gasteiger partial charge in [-0.2, -0.15) is 0 Å². The van der Waals surface area contributed by atoms with Crippen molar-refractivity contribution in [3.63, 3.8) is 0 Å². The summed E-state index contributed by atoms with van der Waals surface area (Å²) >= 11 is 0. The van der Waals surface area contributed by atoms with Crippen molar-refractivity contribution < 1.29 is 9.47 Å². The van der Waals surface area contributed by atoms with Gasteiger partial charge in [-0.3, -0.25) is 9.88 Å². The maximum atomic E-state index is 6.34. The summed E-state index contributed by atoms with van der Waals surface area (Å²) in [5.41, 5.74) is 2.45. The molecule has 0 radical (unpaired) electrons. The van der Waals surface area contributed by atoms with Crippen LogP contribution in [0.4, 0.5) is 5.69 Å². The van der Waals surface area contributed by atoms with Gasteiger partial charge < -0.3 is 14.4 Å². The Hall–Kier alpha value is -2.11. The quantitative estimate of drug-likeness (QED) is 0.845. The summed E-state index contributed by atoms with van der Waals surface area (Å²) in [6.07, 6.45) is 6.07. The molecule has 2 aromatic rings. The Labute approximate surface area is 155 Å². The summed E-state index contributed by atoms with van der Waals surface area (Å²) in [5, 5.41) is 0. The van der Waals surface area contributed by atoms with E-state index in [0.717, 1.165) is 57.9 Å². The highest BCUT2D eigenvalue weighted by molar-refractivity contribution is 5.44. The van der Waals surface area contributed by atoms with Gasteiger partial charge in [-0.05, 0) is 42.7 Å². The predicted octanol–water partition coefficient (Wildman–Crippen LogP) is 2.96. The minimum atomic E-state index is -0.0706. The van der Waals surface area contributed by atoms with Crippen LogP contribution in [0, 0.1) is 0 Å². The lowest BCUT2D eigenvalue weighted by Gasteiger charge is -2.48. The lowest BCUT2D eigenvalue weighted by molar-refractivity contribution is -0.116. The first-order valence-corrected chi connectivity index (χ1v) is 9.41. The van der Waals surface area contributed by atoms with E-state index in [9.17, 15) is 0 Å². The molecule has 0 bridgehead atoms. The molecule has 5 nitrogen and oxygen atoms in total. The van der Waals surface area contributed by atoms with Gasteiger partial charge >= 0.3 is 0 Å². The number of hydrogen-bond acceptors (Lipinski definition) is 5. The number of piperidine rings is 1. The fourth-order valence-corrected chi connectivity index (χ4v) is 4.15. The Morgan fingerprint density at radius 3 is 2.81 bits per heavy atom. The Balaban J connectivity index is 1.43. The standard InChI is InChI=1S/C21H27N3O2/c1-25-20-7-5-18(6-8-20)15-23-12-13-26-21(16-23)9-3-11-24(17-21)19-4-2-10-22-14-19/h2,4-8,10,14H,3,9,11-13,15-17H2,1H3/t21-/m0/s1. The molecule has 0 unspecified atom stereocenters. The molecule has 3 heterocycles. The first-order valence-electron chi connectivity index (χ1n) is 9.41. The van der Waals surface area contributed by atoms with Crippen molar-refractivity contribution in [2.24, 2.45) is 0 Å². The monoisotopic (exact) mass is 353 g/mol. The Kier molecular flexibility index (Phi) is 5.09. The van der Waals surface area contributed by atoms with Gasteiger partial charge in [-0.15, -0.1) is 0 Å². The third-order valence-corrected chi connectivity index (χ3v) is 5.44. The summed E-state index contributed by atoms with van der Waals surface area (Å²) < 4.78 is 11.6. The number of anilines is 1. The number of benzene rings is 1. The third kappa shape index (κ3) is 3.84. The van der Waals surface area contributed by atoms with E-state index in [-0.39, 0.29) is 5.60 Å². The fourth-order valence-electron chi connectivity index (χ4n) is 4.15. The second-order valence-electron chi connectivity index (χ2n) is 7.33. The van der Waals surface area contributed by atoms with Crippen LogP contribution in [0.2, 0.25) is 0 Å². The van der Waals surface area contributed by atoms with Crippen molar-refractivity contribution in [3.8, 4) is 5.75 Å². The largest absolute Gasteiger partial charge is 0.497 e. The zero-order valence-electron chi connectivity index (χ0n) is 15.4. The highest BCUT2D eigenvalue weighted by Crippen LogP contribution is 2.32. The SMILES string of the molecule is COc1ccc(CN2CCO[C@@]3(CCCN(c4cccnc4)C3)C2)cc1. The highest BCUT2D eigenvalue weighted by atomic mass is 16.5. The molecule has 1 atom stereocenters. The van der Waals surface area contributed by atoms with Crippen LogP contribution in [-0.4, -0.2) is 55.4 Å². The first kappa shape index (κ1) is 17.3. The van der Waals surface area contributed by atoms with Gasteiger partial charge in [0, 0.05) is 38.9 Å². The van der Waals surface area contributed by atoms with Crippen LogP contribution in [-0.2, 0) is 11.3 Å². The molecule has 2 fully saturated rings. The molecule has 1 spiro atoms. The number of aromatic nitrogens is 1. The Morgan fingerprint density at radius 1 is 1.15 bits per heavy atom. The molecule has 0 N–H and O–H groups in total. The van der Waals surface area contributed by atoms with Gasteiger partial charge in [0.15, 0.2) is 0 Å². The van der Waals surface area contributed by atoms with Gasteiger partial charge in [0.2, 0.25) is 0 Å². The van der Waals surface area contributed by atoms with Crippen LogP contribution >= 0.6 is 0 Å². The molecule has 0 aliphatic carbocycles. The minimum Gasteiger partial charge on any atom is -0.497 e. The molecule has 0 amide bonds.